The minimum absolute atomic E-state index is 0.410. The van der Waals surface area contributed by atoms with Crippen molar-refractivity contribution in [3.05, 3.63) is 65.4 Å². The topological polar surface area (TPSA) is 63.2 Å². The molecule has 5 rings (SSSR count). The van der Waals surface area contributed by atoms with Gasteiger partial charge in [-0.1, -0.05) is 36.4 Å². The first kappa shape index (κ1) is 20.8. The molecular formula is C25H27N5OS. The lowest BCUT2D eigenvalue weighted by molar-refractivity contribution is 0.178. The van der Waals surface area contributed by atoms with Crippen molar-refractivity contribution in [2.24, 2.45) is 0 Å². The number of pyridine rings is 1. The first-order valence-electron chi connectivity index (χ1n) is 11.0. The fourth-order valence-corrected chi connectivity index (χ4v) is 5.25. The van der Waals surface area contributed by atoms with Crippen molar-refractivity contribution >= 4 is 33.2 Å². The number of rotatable bonds is 6. The highest BCUT2D eigenvalue weighted by molar-refractivity contribution is 7.17. The van der Waals surface area contributed by atoms with E-state index < -0.39 is 0 Å². The van der Waals surface area contributed by atoms with E-state index in [2.05, 4.69) is 50.9 Å². The van der Waals surface area contributed by atoms with Gasteiger partial charge in [-0.05, 0) is 37.5 Å². The number of aryl methyl sites for hydroxylation is 1. The van der Waals surface area contributed by atoms with Crippen molar-refractivity contribution in [2.45, 2.75) is 32.4 Å². The van der Waals surface area contributed by atoms with Crippen LogP contribution in [-0.4, -0.2) is 41.2 Å². The fraction of sp³-hybridized carbons (Fsp3) is 0.320. The van der Waals surface area contributed by atoms with E-state index in [4.69, 9.17) is 14.7 Å². The molecule has 6 nitrogen and oxygen atoms in total. The summed E-state index contributed by atoms with van der Waals surface area (Å²) in [6.07, 6.45) is 2.07. The van der Waals surface area contributed by atoms with E-state index in [-0.39, 0.29) is 0 Å². The van der Waals surface area contributed by atoms with Crippen molar-refractivity contribution in [3.8, 4) is 11.1 Å². The second-order valence-corrected chi connectivity index (χ2v) is 9.02. The molecule has 1 aliphatic heterocycles. The third-order valence-corrected chi connectivity index (χ3v) is 6.73. The minimum atomic E-state index is 0.410. The molecule has 4 aromatic rings. The molecule has 1 fully saturated rings. The Kier molecular flexibility index (Phi) is 6.01. The molecule has 0 saturated carbocycles. The third-order valence-electron chi connectivity index (χ3n) is 5.85. The molecule has 0 radical (unpaired) electrons. The normalized spacial score (nSPS) is 14.8. The Morgan fingerprint density at radius 1 is 1.03 bits per heavy atom. The van der Waals surface area contributed by atoms with Crippen LogP contribution in [0.2, 0.25) is 0 Å². The molecule has 0 atom stereocenters. The Morgan fingerprint density at radius 3 is 2.59 bits per heavy atom. The number of nitrogens with zero attached hydrogens (tertiary/aromatic N) is 4. The second-order valence-electron chi connectivity index (χ2n) is 8.16. The number of methoxy groups -OCH3 is 1. The summed E-state index contributed by atoms with van der Waals surface area (Å²) in [6.45, 7) is 4.31. The van der Waals surface area contributed by atoms with Gasteiger partial charge < -0.3 is 15.0 Å². The molecule has 0 bridgehead atoms. The van der Waals surface area contributed by atoms with Crippen molar-refractivity contribution in [3.63, 3.8) is 0 Å². The Balaban J connectivity index is 1.43. The molecule has 32 heavy (non-hydrogen) atoms. The molecule has 1 aromatic carbocycles. The summed E-state index contributed by atoms with van der Waals surface area (Å²) in [7, 11) is 1.69. The molecule has 3 aromatic heterocycles. The maximum atomic E-state index is 5.35. The zero-order valence-corrected chi connectivity index (χ0v) is 19.2. The minimum Gasteiger partial charge on any atom is -0.377 e. The van der Waals surface area contributed by atoms with E-state index in [0.29, 0.717) is 12.6 Å². The standard InChI is InChI=1S/C25H27N5OS/c1-17-7-6-10-21(26-17)27-19-11-13-30(14-12-19)24-23-20(18-8-4-3-5-9-18)16-32-25(23)29-22(28-24)15-31-2/h3-10,16,19H,11-15H2,1-2H3,(H,26,27). The molecule has 1 saturated heterocycles. The average molecular weight is 446 g/mol. The number of hydrogen-bond donors (Lipinski definition) is 1. The monoisotopic (exact) mass is 445 g/mol. The Bertz CT molecular complexity index is 1200. The molecule has 164 valence electrons. The first-order chi connectivity index (χ1) is 15.7. The number of benzene rings is 1. The lowest BCUT2D eigenvalue weighted by Gasteiger charge is -2.34. The van der Waals surface area contributed by atoms with E-state index >= 15 is 0 Å². The number of aromatic nitrogens is 3. The number of hydrogen-bond acceptors (Lipinski definition) is 7. The number of ether oxygens (including phenoxy) is 1. The molecule has 0 amide bonds. The lowest BCUT2D eigenvalue weighted by Crippen LogP contribution is -2.40. The maximum Gasteiger partial charge on any atom is 0.158 e. The van der Waals surface area contributed by atoms with Gasteiger partial charge >= 0.3 is 0 Å². The van der Waals surface area contributed by atoms with Gasteiger partial charge in [-0.15, -0.1) is 11.3 Å². The number of nitrogens with one attached hydrogen (secondary N) is 1. The quantitative estimate of drug-likeness (QED) is 0.435. The van der Waals surface area contributed by atoms with Crippen molar-refractivity contribution < 1.29 is 4.74 Å². The molecule has 1 aliphatic rings. The third kappa shape index (κ3) is 4.31. The van der Waals surface area contributed by atoms with E-state index in [0.717, 1.165) is 59.3 Å². The second kappa shape index (κ2) is 9.22. The molecule has 0 aliphatic carbocycles. The Morgan fingerprint density at radius 2 is 1.84 bits per heavy atom. The zero-order chi connectivity index (χ0) is 21.9. The molecule has 7 heteroatoms. The van der Waals surface area contributed by atoms with Crippen molar-refractivity contribution in [1.29, 1.82) is 0 Å². The van der Waals surface area contributed by atoms with Gasteiger partial charge in [0.2, 0.25) is 0 Å². The van der Waals surface area contributed by atoms with Crippen LogP contribution >= 0.6 is 11.3 Å². The predicted octanol–water partition coefficient (Wildman–Crippen LogP) is 5.29. The van der Waals surface area contributed by atoms with E-state index in [9.17, 15) is 0 Å². The van der Waals surface area contributed by atoms with Crippen LogP contribution in [-0.2, 0) is 11.3 Å². The fourth-order valence-electron chi connectivity index (χ4n) is 4.29. The zero-order valence-electron chi connectivity index (χ0n) is 18.4. The average Bonchev–Trinajstić information content (AvgIpc) is 3.24. The van der Waals surface area contributed by atoms with Crippen molar-refractivity contribution in [1.82, 2.24) is 15.0 Å². The summed E-state index contributed by atoms with van der Waals surface area (Å²) < 4.78 is 5.35. The van der Waals surface area contributed by atoms with E-state index in [1.165, 1.54) is 11.1 Å². The van der Waals surface area contributed by atoms with Crippen LogP contribution < -0.4 is 10.2 Å². The van der Waals surface area contributed by atoms with Crippen LogP contribution in [0, 0.1) is 6.92 Å². The van der Waals surface area contributed by atoms with Gasteiger partial charge in [-0.25, -0.2) is 15.0 Å². The van der Waals surface area contributed by atoms with Gasteiger partial charge in [0, 0.05) is 42.9 Å². The van der Waals surface area contributed by atoms with Gasteiger partial charge in [0.15, 0.2) is 5.82 Å². The SMILES string of the molecule is COCc1nc(N2CCC(Nc3cccc(C)n3)CC2)c2c(-c3ccccc3)csc2n1. The number of thiophene rings is 1. The summed E-state index contributed by atoms with van der Waals surface area (Å²) >= 11 is 1.68. The number of fused-ring (bicyclic) bond motifs is 1. The molecule has 0 spiro atoms. The van der Waals surface area contributed by atoms with Gasteiger partial charge in [0.05, 0.1) is 5.39 Å². The Hall–Kier alpha value is -3.03. The van der Waals surface area contributed by atoms with E-state index in [1.54, 1.807) is 18.4 Å². The largest absolute Gasteiger partial charge is 0.377 e. The summed E-state index contributed by atoms with van der Waals surface area (Å²) in [5.74, 6) is 2.72. The van der Waals surface area contributed by atoms with Crippen LogP contribution in [0.4, 0.5) is 11.6 Å². The van der Waals surface area contributed by atoms with Crippen molar-refractivity contribution in [2.75, 3.05) is 30.4 Å². The van der Waals surface area contributed by atoms with Gasteiger partial charge in [-0.3, -0.25) is 0 Å². The lowest BCUT2D eigenvalue weighted by atomic mass is 10.0. The summed E-state index contributed by atoms with van der Waals surface area (Å²) in [5.41, 5.74) is 3.44. The molecule has 0 unspecified atom stereocenters. The maximum absolute atomic E-state index is 5.35. The summed E-state index contributed by atoms with van der Waals surface area (Å²) in [4.78, 5) is 17.8. The van der Waals surface area contributed by atoms with Crippen LogP contribution in [0.3, 0.4) is 0 Å². The van der Waals surface area contributed by atoms with Crippen LogP contribution in [0.25, 0.3) is 21.3 Å². The van der Waals surface area contributed by atoms with Gasteiger partial charge in [0.25, 0.3) is 0 Å². The van der Waals surface area contributed by atoms with Crippen LogP contribution in [0.5, 0.6) is 0 Å². The smallest absolute Gasteiger partial charge is 0.158 e. The highest BCUT2D eigenvalue weighted by Gasteiger charge is 2.25. The number of anilines is 2. The van der Waals surface area contributed by atoms with Gasteiger partial charge in [-0.2, -0.15) is 0 Å². The summed E-state index contributed by atoms with van der Waals surface area (Å²) in [6, 6.07) is 17.0. The van der Waals surface area contributed by atoms with Crippen LogP contribution in [0.1, 0.15) is 24.4 Å². The number of piperidine rings is 1. The predicted molar refractivity (Wildman–Crippen MR) is 131 cm³/mol. The summed E-state index contributed by atoms with van der Waals surface area (Å²) in [5, 5.41) is 6.95. The van der Waals surface area contributed by atoms with E-state index in [1.807, 2.05) is 25.1 Å². The molecule has 1 N–H and O–H groups in total. The van der Waals surface area contributed by atoms with Gasteiger partial charge in [0.1, 0.15) is 23.1 Å². The molecular weight excluding hydrogens is 418 g/mol. The highest BCUT2D eigenvalue weighted by atomic mass is 32.1. The Labute approximate surface area is 192 Å². The highest BCUT2D eigenvalue weighted by Crippen LogP contribution is 2.39. The van der Waals surface area contributed by atoms with Crippen LogP contribution in [0.15, 0.2) is 53.9 Å². The first-order valence-corrected chi connectivity index (χ1v) is 11.9. The molecule has 4 heterocycles.